The van der Waals surface area contributed by atoms with Gasteiger partial charge < -0.3 is 9.32 Å². The summed E-state index contributed by atoms with van der Waals surface area (Å²) in [6.07, 6.45) is 0. The smallest absolute Gasteiger partial charge is 0.145 e. The minimum absolute atomic E-state index is 0.911. The van der Waals surface area contributed by atoms with Crippen LogP contribution >= 0.6 is 0 Å². The van der Waals surface area contributed by atoms with Gasteiger partial charge in [-0.05, 0) is 65.9 Å². The topological polar surface area (TPSA) is 16.4 Å². The van der Waals surface area contributed by atoms with Gasteiger partial charge in [0.2, 0.25) is 0 Å². The quantitative estimate of drug-likeness (QED) is 0.252. The number of nitrogens with zero attached hydrogens (tertiary/aromatic N) is 1. The van der Waals surface area contributed by atoms with E-state index in [9.17, 15) is 0 Å². The molecule has 0 fully saturated rings. The van der Waals surface area contributed by atoms with Gasteiger partial charge in [-0.15, -0.1) is 0 Å². The first-order valence-corrected chi connectivity index (χ1v) is 12.6. The van der Waals surface area contributed by atoms with Crippen LogP contribution in [0.15, 0.2) is 138 Å². The zero-order valence-electron chi connectivity index (χ0n) is 20.6. The summed E-state index contributed by atoms with van der Waals surface area (Å²) in [6.45, 7) is 2.12. The molecule has 0 aliphatic rings. The number of hydrogen-bond acceptors (Lipinski definition) is 2. The van der Waals surface area contributed by atoms with Crippen molar-refractivity contribution in [3.8, 4) is 11.1 Å². The lowest BCUT2D eigenvalue weighted by Gasteiger charge is -2.27. The third-order valence-corrected chi connectivity index (χ3v) is 7.13. The van der Waals surface area contributed by atoms with Crippen molar-refractivity contribution in [2.24, 2.45) is 0 Å². The molecular weight excluding hydrogens is 450 g/mol. The number of rotatable bonds is 4. The summed E-state index contributed by atoms with van der Waals surface area (Å²) >= 11 is 0. The molecule has 2 heteroatoms. The van der Waals surface area contributed by atoms with Crippen LogP contribution in [-0.2, 0) is 0 Å². The first-order chi connectivity index (χ1) is 18.3. The molecule has 0 aliphatic heterocycles. The molecule has 0 radical (unpaired) electrons. The van der Waals surface area contributed by atoms with Crippen molar-refractivity contribution in [1.29, 1.82) is 0 Å². The lowest BCUT2D eigenvalue weighted by molar-refractivity contribution is 0.672. The van der Waals surface area contributed by atoms with Gasteiger partial charge in [0.05, 0.1) is 5.69 Å². The Labute approximate surface area is 216 Å². The summed E-state index contributed by atoms with van der Waals surface area (Å²) in [5.41, 5.74) is 8.79. The van der Waals surface area contributed by atoms with E-state index in [0.717, 1.165) is 49.8 Å². The average molecular weight is 476 g/mol. The standard InChI is InChI=1S/C35H25NO/c1-24-14-19-28(20-15-24)36(29-21-16-26(17-22-29)25-8-3-2-4-9-25)32-12-7-10-27-18-23-31-30-11-5-6-13-33(30)37-35(31)34(27)32/h2-23H,1H3. The van der Waals surface area contributed by atoms with E-state index >= 15 is 0 Å². The zero-order valence-corrected chi connectivity index (χ0v) is 20.6. The predicted octanol–water partition coefficient (Wildman–Crippen LogP) is 10.2. The van der Waals surface area contributed by atoms with Crippen molar-refractivity contribution in [1.82, 2.24) is 0 Å². The van der Waals surface area contributed by atoms with Crippen molar-refractivity contribution < 1.29 is 4.42 Å². The summed E-state index contributed by atoms with van der Waals surface area (Å²) in [7, 11) is 0. The third-order valence-electron chi connectivity index (χ3n) is 7.13. The van der Waals surface area contributed by atoms with Crippen molar-refractivity contribution >= 4 is 49.8 Å². The van der Waals surface area contributed by atoms with Crippen LogP contribution in [0.2, 0.25) is 0 Å². The lowest BCUT2D eigenvalue weighted by Crippen LogP contribution is -2.10. The summed E-state index contributed by atoms with van der Waals surface area (Å²) in [6, 6.07) is 47.2. The highest BCUT2D eigenvalue weighted by Crippen LogP contribution is 2.43. The first-order valence-electron chi connectivity index (χ1n) is 12.6. The summed E-state index contributed by atoms with van der Waals surface area (Å²) in [4.78, 5) is 2.34. The van der Waals surface area contributed by atoms with Crippen molar-refractivity contribution in [2.45, 2.75) is 6.92 Å². The number of para-hydroxylation sites is 1. The molecular formula is C35H25NO. The molecule has 0 bridgehead atoms. The Morgan fingerprint density at radius 3 is 1.97 bits per heavy atom. The third kappa shape index (κ3) is 3.66. The maximum Gasteiger partial charge on any atom is 0.145 e. The molecule has 1 aromatic heterocycles. The van der Waals surface area contributed by atoms with Crippen molar-refractivity contribution in [3.05, 3.63) is 139 Å². The minimum Gasteiger partial charge on any atom is -0.455 e. The highest BCUT2D eigenvalue weighted by molar-refractivity contribution is 6.19. The van der Waals surface area contributed by atoms with Crippen LogP contribution in [0.1, 0.15) is 5.56 Å². The molecule has 7 aromatic rings. The van der Waals surface area contributed by atoms with E-state index in [1.54, 1.807) is 0 Å². The second-order valence-corrected chi connectivity index (χ2v) is 9.50. The summed E-state index contributed by atoms with van der Waals surface area (Å²) < 4.78 is 6.50. The zero-order chi connectivity index (χ0) is 24.8. The van der Waals surface area contributed by atoms with E-state index in [4.69, 9.17) is 4.42 Å². The Hall–Kier alpha value is -4.82. The van der Waals surface area contributed by atoms with Gasteiger partial charge in [0.15, 0.2) is 0 Å². The number of aryl methyl sites for hydroxylation is 1. The van der Waals surface area contributed by atoms with E-state index in [2.05, 4.69) is 133 Å². The van der Waals surface area contributed by atoms with Crippen LogP contribution in [0.25, 0.3) is 43.8 Å². The molecule has 0 aliphatic carbocycles. The van der Waals surface area contributed by atoms with Gasteiger partial charge in [-0.2, -0.15) is 0 Å². The molecule has 0 unspecified atom stereocenters. The first kappa shape index (κ1) is 21.5. The van der Waals surface area contributed by atoms with Gasteiger partial charge in [-0.3, -0.25) is 0 Å². The fourth-order valence-corrected chi connectivity index (χ4v) is 5.27. The number of fused-ring (bicyclic) bond motifs is 5. The van der Waals surface area contributed by atoms with Crippen LogP contribution in [-0.4, -0.2) is 0 Å². The molecule has 0 saturated carbocycles. The van der Waals surface area contributed by atoms with E-state index < -0.39 is 0 Å². The average Bonchev–Trinajstić information content (AvgIpc) is 3.34. The molecule has 37 heavy (non-hydrogen) atoms. The second-order valence-electron chi connectivity index (χ2n) is 9.50. The molecule has 6 aromatic carbocycles. The molecule has 0 spiro atoms. The summed E-state index contributed by atoms with van der Waals surface area (Å²) in [5.74, 6) is 0. The van der Waals surface area contributed by atoms with Crippen LogP contribution in [0.5, 0.6) is 0 Å². The Balaban J connectivity index is 1.48. The van der Waals surface area contributed by atoms with Crippen LogP contribution in [0, 0.1) is 6.92 Å². The second kappa shape index (κ2) is 8.69. The lowest BCUT2D eigenvalue weighted by atomic mass is 10.0. The van der Waals surface area contributed by atoms with Crippen molar-refractivity contribution in [3.63, 3.8) is 0 Å². The van der Waals surface area contributed by atoms with E-state index in [1.807, 2.05) is 12.1 Å². The van der Waals surface area contributed by atoms with Crippen LogP contribution in [0.3, 0.4) is 0 Å². The molecule has 1 heterocycles. The fraction of sp³-hybridized carbons (Fsp3) is 0.0286. The Bertz CT molecular complexity index is 1860. The molecule has 0 saturated heterocycles. The largest absolute Gasteiger partial charge is 0.455 e. The number of hydrogen-bond donors (Lipinski definition) is 0. The number of anilines is 3. The van der Waals surface area contributed by atoms with Gasteiger partial charge in [0.1, 0.15) is 11.2 Å². The number of furan rings is 1. The fourth-order valence-electron chi connectivity index (χ4n) is 5.27. The van der Waals surface area contributed by atoms with E-state index in [-0.39, 0.29) is 0 Å². The predicted molar refractivity (Wildman–Crippen MR) is 156 cm³/mol. The normalized spacial score (nSPS) is 11.4. The monoisotopic (exact) mass is 475 g/mol. The van der Waals surface area contributed by atoms with Crippen molar-refractivity contribution in [2.75, 3.05) is 4.90 Å². The van der Waals surface area contributed by atoms with Gasteiger partial charge in [-0.25, -0.2) is 0 Å². The SMILES string of the molecule is Cc1ccc(N(c2ccc(-c3ccccc3)cc2)c2cccc3ccc4c5ccccc5oc4c23)cc1. The summed E-state index contributed by atoms with van der Waals surface area (Å²) in [5, 5.41) is 4.55. The minimum atomic E-state index is 0.911. The number of benzene rings is 6. The molecule has 0 atom stereocenters. The van der Waals surface area contributed by atoms with Gasteiger partial charge >= 0.3 is 0 Å². The van der Waals surface area contributed by atoms with E-state index in [0.29, 0.717) is 0 Å². The Morgan fingerprint density at radius 2 is 1.19 bits per heavy atom. The maximum atomic E-state index is 6.50. The molecule has 176 valence electrons. The highest BCUT2D eigenvalue weighted by atomic mass is 16.3. The Kier molecular flexibility index (Phi) is 5.04. The molecule has 0 amide bonds. The maximum absolute atomic E-state index is 6.50. The van der Waals surface area contributed by atoms with Gasteiger partial charge in [0.25, 0.3) is 0 Å². The van der Waals surface area contributed by atoms with Crippen LogP contribution in [0.4, 0.5) is 17.1 Å². The van der Waals surface area contributed by atoms with Gasteiger partial charge in [0, 0.05) is 27.5 Å². The Morgan fingerprint density at radius 1 is 0.514 bits per heavy atom. The molecule has 7 rings (SSSR count). The highest BCUT2D eigenvalue weighted by Gasteiger charge is 2.19. The molecule has 0 N–H and O–H groups in total. The van der Waals surface area contributed by atoms with E-state index in [1.165, 1.54) is 16.7 Å². The molecule has 2 nitrogen and oxygen atoms in total. The van der Waals surface area contributed by atoms with Gasteiger partial charge in [-0.1, -0.05) is 96.6 Å². The van der Waals surface area contributed by atoms with Crippen LogP contribution < -0.4 is 4.90 Å².